The van der Waals surface area contributed by atoms with E-state index in [9.17, 15) is 9.90 Å². The van der Waals surface area contributed by atoms with Gasteiger partial charge in [0.2, 0.25) is 0 Å². The highest BCUT2D eigenvalue weighted by molar-refractivity contribution is 5.82. The minimum absolute atomic E-state index is 0.0721. The molecular weight excluding hydrogens is 396 g/mol. The van der Waals surface area contributed by atoms with Crippen LogP contribution in [0.25, 0.3) is 11.1 Å². The SMILES string of the molecule is COC(=O)[C@H]([C@@H](O)c1cc(C(C)(C)C)cc2c1-c1ccc(C(C)(C)C)cc1C2)C(C)(C)C. The number of aliphatic hydroxyl groups excluding tert-OH is 1. The van der Waals surface area contributed by atoms with Gasteiger partial charge in [0.25, 0.3) is 0 Å². The van der Waals surface area contributed by atoms with Crippen LogP contribution in [0.1, 0.15) is 96.2 Å². The lowest BCUT2D eigenvalue weighted by molar-refractivity contribution is -0.155. The number of fused-ring (bicyclic) bond motifs is 3. The Morgan fingerprint density at radius 3 is 1.94 bits per heavy atom. The summed E-state index contributed by atoms with van der Waals surface area (Å²) >= 11 is 0. The molecule has 1 aliphatic carbocycles. The number of ether oxygens (including phenoxy) is 1. The van der Waals surface area contributed by atoms with Crippen molar-refractivity contribution in [2.45, 2.75) is 85.7 Å². The van der Waals surface area contributed by atoms with E-state index in [1.807, 2.05) is 20.8 Å². The highest BCUT2D eigenvalue weighted by Gasteiger charge is 2.41. The molecule has 2 aromatic rings. The third-order valence-electron chi connectivity index (χ3n) is 6.76. The molecule has 0 fully saturated rings. The minimum Gasteiger partial charge on any atom is -0.469 e. The molecule has 0 unspecified atom stereocenters. The van der Waals surface area contributed by atoms with Gasteiger partial charge in [-0.05, 0) is 61.6 Å². The average molecular weight is 437 g/mol. The molecule has 3 heteroatoms. The number of aliphatic hydroxyl groups is 1. The molecule has 0 heterocycles. The molecule has 0 bridgehead atoms. The third kappa shape index (κ3) is 4.50. The van der Waals surface area contributed by atoms with Crippen LogP contribution in [0.4, 0.5) is 0 Å². The number of carbonyl (C=O) groups is 1. The van der Waals surface area contributed by atoms with Crippen molar-refractivity contribution in [1.29, 1.82) is 0 Å². The third-order valence-corrected chi connectivity index (χ3v) is 6.76. The van der Waals surface area contributed by atoms with Crippen LogP contribution < -0.4 is 0 Å². The van der Waals surface area contributed by atoms with E-state index in [0.29, 0.717) is 0 Å². The summed E-state index contributed by atoms with van der Waals surface area (Å²) in [6.07, 6.45) is -0.108. The van der Waals surface area contributed by atoms with E-state index in [-0.39, 0.29) is 16.8 Å². The summed E-state index contributed by atoms with van der Waals surface area (Å²) < 4.78 is 5.12. The Bertz CT molecular complexity index is 1030. The molecule has 0 spiro atoms. The van der Waals surface area contributed by atoms with Crippen molar-refractivity contribution in [3.63, 3.8) is 0 Å². The van der Waals surface area contributed by atoms with Gasteiger partial charge < -0.3 is 9.84 Å². The first-order chi connectivity index (χ1) is 14.6. The number of methoxy groups -OCH3 is 1. The van der Waals surface area contributed by atoms with Gasteiger partial charge in [-0.25, -0.2) is 0 Å². The molecule has 32 heavy (non-hydrogen) atoms. The van der Waals surface area contributed by atoms with Crippen LogP contribution in [0.2, 0.25) is 0 Å². The Hall–Kier alpha value is -2.13. The second kappa shape index (κ2) is 8.02. The molecule has 0 amide bonds. The highest BCUT2D eigenvalue weighted by atomic mass is 16.5. The summed E-state index contributed by atoms with van der Waals surface area (Å²) in [5, 5.41) is 11.7. The van der Waals surface area contributed by atoms with Crippen LogP contribution in [0, 0.1) is 11.3 Å². The van der Waals surface area contributed by atoms with Crippen molar-refractivity contribution in [1.82, 2.24) is 0 Å². The molecule has 3 nitrogen and oxygen atoms in total. The monoisotopic (exact) mass is 436 g/mol. The van der Waals surface area contributed by atoms with E-state index in [1.54, 1.807) is 0 Å². The molecule has 1 aliphatic rings. The maximum Gasteiger partial charge on any atom is 0.312 e. The van der Waals surface area contributed by atoms with Crippen LogP contribution in [0.5, 0.6) is 0 Å². The van der Waals surface area contributed by atoms with Gasteiger partial charge in [-0.1, -0.05) is 92.6 Å². The normalized spacial score (nSPS) is 15.7. The zero-order chi connectivity index (χ0) is 24.2. The Labute approximate surface area is 194 Å². The topological polar surface area (TPSA) is 46.5 Å². The van der Waals surface area contributed by atoms with Gasteiger partial charge in [0.15, 0.2) is 0 Å². The van der Waals surface area contributed by atoms with Crippen LogP contribution >= 0.6 is 0 Å². The van der Waals surface area contributed by atoms with Gasteiger partial charge in [-0.15, -0.1) is 0 Å². The van der Waals surface area contributed by atoms with Crippen molar-refractivity contribution >= 4 is 5.97 Å². The predicted molar refractivity (Wildman–Crippen MR) is 132 cm³/mol. The van der Waals surface area contributed by atoms with Crippen LogP contribution in [0.3, 0.4) is 0 Å². The van der Waals surface area contributed by atoms with E-state index in [1.165, 1.54) is 34.9 Å². The summed E-state index contributed by atoms with van der Waals surface area (Å²) in [4.78, 5) is 12.8. The molecule has 0 aliphatic heterocycles. The van der Waals surface area contributed by atoms with Gasteiger partial charge in [-0.3, -0.25) is 4.79 Å². The lowest BCUT2D eigenvalue weighted by Gasteiger charge is -2.34. The number of hydrogen-bond acceptors (Lipinski definition) is 3. The molecular formula is C29H40O3. The van der Waals surface area contributed by atoms with Crippen LogP contribution in [-0.2, 0) is 26.8 Å². The summed E-state index contributed by atoms with van der Waals surface area (Å²) in [5.74, 6) is -1.04. The number of carbonyl (C=O) groups excluding carboxylic acids is 1. The second-order valence-corrected chi connectivity index (χ2v) is 12.5. The van der Waals surface area contributed by atoms with Gasteiger partial charge in [-0.2, -0.15) is 0 Å². The molecule has 0 saturated carbocycles. The fraction of sp³-hybridized carbons (Fsp3) is 0.552. The maximum atomic E-state index is 12.8. The number of rotatable bonds is 3. The molecule has 0 saturated heterocycles. The summed E-state index contributed by atoms with van der Waals surface area (Å²) in [6.45, 7) is 19.2. The van der Waals surface area contributed by atoms with Crippen LogP contribution in [0.15, 0.2) is 30.3 Å². The second-order valence-electron chi connectivity index (χ2n) is 12.5. The number of benzene rings is 2. The molecule has 1 N–H and O–H groups in total. The van der Waals surface area contributed by atoms with E-state index < -0.39 is 17.4 Å². The van der Waals surface area contributed by atoms with Gasteiger partial charge in [0, 0.05) is 0 Å². The van der Waals surface area contributed by atoms with E-state index >= 15 is 0 Å². The average Bonchev–Trinajstić information content (AvgIpc) is 3.02. The fourth-order valence-electron chi connectivity index (χ4n) is 4.78. The molecule has 3 rings (SSSR count). The predicted octanol–water partition coefficient (Wildman–Crippen LogP) is 6.72. The molecule has 0 radical (unpaired) electrons. The van der Waals surface area contributed by atoms with Crippen molar-refractivity contribution in [3.8, 4) is 11.1 Å². The standard InChI is InChI=1S/C29H40O3/c1-27(2,3)19-11-12-21-17(14-19)13-18-15-20(28(4,5)6)16-22(23(18)21)25(30)24(26(31)32-10)29(7,8)9/h11-12,14-16,24-25,30H,13H2,1-10H3/t24-,25-/m0/s1. The van der Waals surface area contributed by atoms with Crippen molar-refractivity contribution in [2.24, 2.45) is 11.3 Å². The lowest BCUT2D eigenvalue weighted by Crippen LogP contribution is -2.35. The minimum atomic E-state index is -0.952. The Morgan fingerprint density at radius 1 is 0.875 bits per heavy atom. The Morgan fingerprint density at radius 2 is 1.44 bits per heavy atom. The quantitative estimate of drug-likeness (QED) is 0.464. The maximum absolute atomic E-state index is 12.8. The molecule has 2 atom stereocenters. The first-order valence-corrected chi connectivity index (χ1v) is 11.6. The van der Waals surface area contributed by atoms with E-state index in [0.717, 1.165) is 17.5 Å². The Balaban J connectivity index is 2.26. The van der Waals surface area contributed by atoms with Crippen molar-refractivity contribution in [3.05, 3.63) is 58.1 Å². The summed E-state index contributed by atoms with van der Waals surface area (Å²) in [6, 6.07) is 11.1. The first-order valence-electron chi connectivity index (χ1n) is 11.6. The lowest BCUT2D eigenvalue weighted by atomic mass is 9.73. The number of hydrogen-bond donors (Lipinski definition) is 1. The molecule has 2 aromatic carbocycles. The van der Waals surface area contributed by atoms with E-state index in [2.05, 4.69) is 71.9 Å². The number of esters is 1. The molecule has 0 aromatic heterocycles. The Kier molecular flexibility index (Phi) is 6.14. The molecule has 174 valence electrons. The van der Waals surface area contributed by atoms with Gasteiger partial charge >= 0.3 is 5.97 Å². The summed E-state index contributed by atoms with van der Waals surface area (Å²) in [5.41, 5.74) is 7.63. The smallest absolute Gasteiger partial charge is 0.312 e. The first kappa shape index (κ1) is 24.5. The zero-order valence-electron chi connectivity index (χ0n) is 21.5. The van der Waals surface area contributed by atoms with Gasteiger partial charge in [0.1, 0.15) is 0 Å². The highest BCUT2D eigenvalue weighted by Crippen LogP contribution is 2.48. The summed E-state index contributed by atoms with van der Waals surface area (Å²) in [7, 11) is 1.40. The van der Waals surface area contributed by atoms with Crippen molar-refractivity contribution < 1.29 is 14.6 Å². The van der Waals surface area contributed by atoms with E-state index in [4.69, 9.17) is 4.74 Å². The van der Waals surface area contributed by atoms with Gasteiger partial charge in [0.05, 0.1) is 19.1 Å². The van der Waals surface area contributed by atoms with Crippen molar-refractivity contribution in [2.75, 3.05) is 7.11 Å². The largest absolute Gasteiger partial charge is 0.469 e. The fourth-order valence-corrected chi connectivity index (χ4v) is 4.78. The zero-order valence-corrected chi connectivity index (χ0v) is 21.5. The van der Waals surface area contributed by atoms with Crippen LogP contribution in [-0.4, -0.2) is 18.2 Å².